The van der Waals surface area contributed by atoms with Gasteiger partial charge in [0, 0.05) is 31.4 Å². The highest BCUT2D eigenvalue weighted by molar-refractivity contribution is 7.83. The Morgan fingerprint density at radius 1 is 1.09 bits per heavy atom. The van der Waals surface area contributed by atoms with Crippen LogP contribution in [0, 0.1) is 6.92 Å². The average Bonchev–Trinajstić information content (AvgIpc) is 2.78. The first-order valence-electron chi connectivity index (χ1n) is 10.7. The zero-order chi connectivity index (χ0) is 24.0. The van der Waals surface area contributed by atoms with Gasteiger partial charge in [-0.25, -0.2) is 8.93 Å². The summed E-state index contributed by atoms with van der Waals surface area (Å²) < 4.78 is 23.0. The van der Waals surface area contributed by atoms with Crippen LogP contribution in [0.5, 0.6) is 5.75 Å². The number of amides is 1. The number of hydrogen-bond donors (Lipinski definition) is 2. The molecule has 0 saturated heterocycles. The molecule has 1 atom stereocenters. The van der Waals surface area contributed by atoms with E-state index in [2.05, 4.69) is 10.0 Å². The van der Waals surface area contributed by atoms with E-state index in [-0.39, 0.29) is 30.6 Å². The van der Waals surface area contributed by atoms with E-state index < -0.39 is 22.3 Å². The zero-order valence-corrected chi connectivity index (χ0v) is 20.1. The van der Waals surface area contributed by atoms with E-state index in [4.69, 9.17) is 4.74 Å². The van der Waals surface area contributed by atoms with E-state index in [9.17, 15) is 13.8 Å². The highest BCUT2D eigenvalue weighted by Gasteiger charge is 2.22. The summed E-state index contributed by atoms with van der Waals surface area (Å²) in [6.07, 6.45) is 0. The Labute approximate surface area is 196 Å². The molecule has 0 bridgehead atoms. The molecule has 1 heterocycles. The van der Waals surface area contributed by atoms with Gasteiger partial charge in [0.25, 0.3) is 5.91 Å². The van der Waals surface area contributed by atoms with Gasteiger partial charge in [0.1, 0.15) is 17.6 Å². The van der Waals surface area contributed by atoms with Crippen LogP contribution in [-0.2, 0) is 31.2 Å². The quantitative estimate of drug-likeness (QED) is 0.506. The third-order valence-electron chi connectivity index (χ3n) is 4.98. The Balaban J connectivity index is 1.89. The van der Waals surface area contributed by atoms with Crippen molar-refractivity contribution in [2.45, 2.75) is 44.9 Å². The molecule has 174 valence electrons. The fraction of sp³-hybridized carbons (Fsp3) is 0.280. The van der Waals surface area contributed by atoms with Crippen molar-refractivity contribution < 1.29 is 13.7 Å². The second kappa shape index (κ2) is 11.1. The topological polar surface area (TPSA) is 89.4 Å². The predicted octanol–water partition coefficient (Wildman–Crippen LogP) is 3.22. The number of benzene rings is 2. The molecule has 0 saturated carbocycles. The van der Waals surface area contributed by atoms with Gasteiger partial charge in [-0.3, -0.25) is 9.59 Å². The van der Waals surface area contributed by atoms with Crippen molar-refractivity contribution in [1.29, 1.82) is 0 Å². The molecular weight excluding hydrogens is 438 g/mol. The molecule has 0 aliphatic rings. The molecule has 0 spiro atoms. The maximum atomic E-state index is 13.0. The molecule has 2 aromatic carbocycles. The molecule has 0 aliphatic carbocycles. The van der Waals surface area contributed by atoms with Crippen molar-refractivity contribution in [3.05, 3.63) is 93.4 Å². The highest BCUT2D eigenvalue weighted by Crippen LogP contribution is 2.18. The smallest absolute Gasteiger partial charge is 0.272 e. The van der Waals surface area contributed by atoms with E-state index in [1.54, 1.807) is 23.7 Å². The molecule has 0 radical (unpaired) electrons. The Bertz CT molecular complexity index is 1190. The van der Waals surface area contributed by atoms with Crippen LogP contribution in [0.2, 0.25) is 0 Å². The first-order valence-corrected chi connectivity index (χ1v) is 11.8. The minimum Gasteiger partial charge on any atom is -0.483 e. The first-order chi connectivity index (χ1) is 15.8. The number of nitrogens with one attached hydrogen (secondary N) is 2. The summed E-state index contributed by atoms with van der Waals surface area (Å²) in [5, 5.41) is 2.83. The maximum absolute atomic E-state index is 13.0. The summed E-state index contributed by atoms with van der Waals surface area (Å²) in [6.45, 7) is 5.94. The Morgan fingerprint density at radius 2 is 1.76 bits per heavy atom. The Kier molecular flexibility index (Phi) is 8.19. The lowest BCUT2D eigenvalue weighted by Crippen LogP contribution is -2.35. The van der Waals surface area contributed by atoms with Crippen molar-refractivity contribution in [1.82, 2.24) is 14.6 Å². The molecule has 7 nitrogen and oxygen atoms in total. The molecule has 8 heteroatoms. The lowest BCUT2D eigenvalue weighted by molar-refractivity contribution is 0.0927. The van der Waals surface area contributed by atoms with Crippen molar-refractivity contribution in [3.8, 4) is 5.75 Å². The lowest BCUT2D eigenvalue weighted by Gasteiger charge is -2.19. The fourth-order valence-electron chi connectivity index (χ4n) is 3.24. The molecule has 1 unspecified atom stereocenters. The predicted molar refractivity (Wildman–Crippen MR) is 129 cm³/mol. The standard InChI is InChI=1S/C25H29N3O4S/c1-17(2)27-25(30)23-24(32-16-19-8-6-5-7-9-19)22(29)14-20(28(23)4)15-26-33(31)21-12-10-18(3)11-13-21/h5-14,17,26H,15-16H2,1-4H3,(H,27,30). The number of aromatic nitrogens is 1. The van der Waals surface area contributed by atoms with Crippen LogP contribution < -0.4 is 20.2 Å². The summed E-state index contributed by atoms with van der Waals surface area (Å²) in [6, 6.07) is 18.1. The van der Waals surface area contributed by atoms with Crippen molar-refractivity contribution in [2.24, 2.45) is 7.05 Å². The highest BCUT2D eigenvalue weighted by atomic mass is 32.2. The van der Waals surface area contributed by atoms with Gasteiger partial charge in [-0.1, -0.05) is 48.0 Å². The summed E-state index contributed by atoms with van der Waals surface area (Å²) >= 11 is 0. The lowest BCUT2D eigenvalue weighted by atomic mass is 10.2. The van der Waals surface area contributed by atoms with Crippen LogP contribution in [0.15, 0.2) is 70.4 Å². The molecule has 2 N–H and O–H groups in total. The van der Waals surface area contributed by atoms with Gasteiger partial charge in [-0.2, -0.15) is 0 Å². The molecule has 3 aromatic rings. The molecule has 3 rings (SSSR count). The molecule has 1 aromatic heterocycles. The molecule has 33 heavy (non-hydrogen) atoms. The van der Waals surface area contributed by atoms with Gasteiger partial charge >= 0.3 is 0 Å². The third-order valence-corrected chi connectivity index (χ3v) is 6.09. The minimum atomic E-state index is -1.46. The van der Waals surface area contributed by atoms with E-state index in [0.29, 0.717) is 10.6 Å². The maximum Gasteiger partial charge on any atom is 0.272 e. The average molecular weight is 468 g/mol. The normalized spacial score (nSPS) is 11.9. The van der Waals surface area contributed by atoms with Gasteiger partial charge in [0.05, 0.1) is 4.90 Å². The number of hydrogen-bond acceptors (Lipinski definition) is 4. The largest absolute Gasteiger partial charge is 0.483 e. The van der Waals surface area contributed by atoms with Crippen LogP contribution in [0.25, 0.3) is 0 Å². The molecule has 0 fully saturated rings. The molecule has 1 amide bonds. The number of carbonyl (C=O) groups excluding carboxylic acids is 1. The summed E-state index contributed by atoms with van der Waals surface area (Å²) in [5.74, 6) is -0.419. The zero-order valence-electron chi connectivity index (χ0n) is 19.3. The summed E-state index contributed by atoms with van der Waals surface area (Å²) in [5.41, 5.74) is 2.20. The van der Waals surface area contributed by atoms with E-state index >= 15 is 0 Å². The minimum absolute atomic E-state index is 0.0112. The Morgan fingerprint density at radius 3 is 2.39 bits per heavy atom. The van der Waals surface area contributed by atoms with Crippen molar-refractivity contribution in [3.63, 3.8) is 0 Å². The van der Waals surface area contributed by atoms with Gasteiger partial charge in [0.15, 0.2) is 11.4 Å². The van der Waals surface area contributed by atoms with Crippen molar-refractivity contribution >= 4 is 16.9 Å². The number of pyridine rings is 1. The van der Waals surface area contributed by atoms with Gasteiger partial charge in [-0.15, -0.1) is 0 Å². The van der Waals surface area contributed by atoms with Crippen LogP contribution >= 0.6 is 0 Å². The number of rotatable bonds is 9. The van der Waals surface area contributed by atoms with Crippen LogP contribution in [0.3, 0.4) is 0 Å². The number of aryl methyl sites for hydroxylation is 1. The van der Waals surface area contributed by atoms with Crippen molar-refractivity contribution in [2.75, 3.05) is 0 Å². The molecular formula is C25H29N3O4S. The van der Waals surface area contributed by atoms with E-state index in [0.717, 1.165) is 11.1 Å². The fourth-order valence-corrected chi connectivity index (χ4v) is 4.06. The van der Waals surface area contributed by atoms with Gasteiger partial charge in [-0.05, 0) is 38.5 Å². The second-order valence-corrected chi connectivity index (χ2v) is 9.34. The Hall–Kier alpha value is -3.23. The molecule has 0 aliphatic heterocycles. The first kappa shape index (κ1) is 24.4. The monoisotopic (exact) mass is 467 g/mol. The third kappa shape index (κ3) is 6.40. The van der Waals surface area contributed by atoms with Crippen LogP contribution in [0.1, 0.15) is 41.2 Å². The number of ether oxygens (including phenoxy) is 1. The summed E-state index contributed by atoms with van der Waals surface area (Å²) in [7, 11) is 0.226. The van der Waals surface area contributed by atoms with Crippen LogP contribution in [-0.4, -0.2) is 20.7 Å². The number of carbonyl (C=O) groups is 1. The van der Waals surface area contributed by atoms with E-state index in [1.165, 1.54) is 6.07 Å². The second-order valence-electron chi connectivity index (χ2n) is 8.04. The van der Waals surface area contributed by atoms with E-state index in [1.807, 2.05) is 63.2 Å². The van der Waals surface area contributed by atoms with Gasteiger partial charge < -0.3 is 14.6 Å². The number of nitrogens with zero attached hydrogens (tertiary/aromatic N) is 1. The SMILES string of the molecule is Cc1ccc(S(=O)NCc2cc(=O)c(OCc3ccccc3)c(C(=O)NC(C)C)n2C)cc1. The summed E-state index contributed by atoms with van der Waals surface area (Å²) in [4.78, 5) is 26.6. The van der Waals surface area contributed by atoms with Crippen LogP contribution in [0.4, 0.5) is 0 Å². The van der Waals surface area contributed by atoms with Gasteiger partial charge in [0.2, 0.25) is 5.43 Å².